The maximum Gasteiger partial charge on any atom is 0.344 e. The number of carbonyl (C=O) groups is 1. The van der Waals surface area contributed by atoms with Gasteiger partial charge in [0.1, 0.15) is 5.82 Å². The number of nitrogens with one attached hydrogen (secondary N) is 2. The number of hydrogen-bond acceptors (Lipinski definition) is 5. The number of nitrogens with zero attached hydrogens (tertiary/aromatic N) is 2. The van der Waals surface area contributed by atoms with Gasteiger partial charge in [0.25, 0.3) is 0 Å². The van der Waals surface area contributed by atoms with Crippen LogP contribution in [-0.2, 0) is 16.1 Å². The molecule has 1 aromatic carbocycles. The summed E-state index contributed by atoms with van der Waals surface area (Å²) in [6.07, 6.45) is 1.83. The summed E-state index contributed by atoms with van der Waals surface area (Å²) >= 11 is 6.77. The SMILES string of the molecule is O=C(CSc1n[nH]c(=O)n1C[C@H]1CCCO1)Nc1ccc(Cl)cc1F. The van der Waals surface area contributed by atoms with Gasteiger partial charge < -0.3 is 10.1 Å². The lowest BCUT2D eigenvalue weighted by atomic mass is 10.2. The Balaban J connectivity index is 1.59. The Morgan fingerprint density at radius 3 is 3.12 bits per heavy atom. The minimum absolute atomic E-state index is 0.0160. The lowest BCUT2D eigenvalue weighted by Crippen LogP contribution is -2.25. The minimum atomic E-state index is -0.610. The van der Waals surface area contributed by atoms with Gasteiger partial charge >= 0.3 is 5.69 Å². The van der Waals surface area contributed by atoms with E-state index < -0.39 is 11.7 Å². The van der Waals surface area contributed by atoms with E-state index in [1.807, 2.05) is 0 Å². The summed E-state index contributed by atoms with van der Waals surface area (Å²) in [4.78, 5) is 23.9. The lowest BCUT2D eigenvalue weighted by molar-refractivity contribution is -0.113. The molecular weight excluding hydrogens is 371 g/mol. The van der Waals surface area contributed by atoms with Crippen molar-refractivity contribution in [3.8, 4) is 0 Å². The van der Waals surface area contributed by atoms with E-state index in [1.165, 1.54) is 16.7 Å². The van der Waals surface area contributed by atoms with Crippen molar-refractivity contribution in [2.24, 2.45) is 0 Å². The van der Waals surface area contributed by atoms with E-state index in [4.69, 9.17) is 16.3 Å². The standard InChI is InChI=1S/C15H16ClFN4O3S/c16-9-3-4-12(11(17)6-9)18-13(22)8-25-15-20-19-14(23)21(15)7-10-2-1-5-24-10/h3-4,6,10H,1-2,5,7-8H2,(H,18,22)(H,19,23)/t10-/m1/s1. The van der Waals surface area contributed by atoms with E-state index in [0.29, 0.717) is 18.3 Å². The number of aromatic amines is 1. The zero-order valence-corrected chi connectivity index (χ0v) is 14.7. The average Bonchev–Trinajstić information content (AvgIpc) is 3.20. The highest BCUT2D eigenvalue weighted by Crippen LogP contribution is 2.21. The fourth-order valence-electron chi connectivity index (χ4n) is 2.47. The number of H-pyrrole nitrogens is 1. The second-order valence-electron chi connectivity index (χ2n) is 5.52. The predicted molar refractivity (Wildman–Crippen MR) is 92.6 cm³/mol. The van der Waals surface area contributed by atoms with Gasteiger partial charge in [-0.15, -0.1) is 5.10 Å². The molecule has 0 aliphatic carbocycles. The van der Waals surface area contributed by atoms with Crippen LogP contribution in [0.4, 0.5) is 10.1 Å². The van der Waals surface area contributed by atoms with E-state index >= 15 is 0 Å². The molecule has 1 aromatic heterocycles. The van der Waals surface area contributed by atoms with Crippen molar-refractivity contribution in [2.45, 2.75) is 30.6 Å². The second-order valence-corrected chi connectivity index (χ2v) is 6.90. The Morgan fingerprint density at radius 1 is 1.56 bits per heavy atom. The van der Waals surface area contributed by atoms with Gasteiger partial charge in [0.2, 0.25) is 5.91 Å². The average molecular weight is 387 g/mol. The smallest absolute Gasteiger partial charge is 0.344 e. The first-order valence-electron chi connectivity index (χ1n) is 7.67. The fourth-order valence-corrected chi connectivity index (χ4v) is 3.39. The van der Waals surface area contributed by atoms with Gasteiger partial charge in [-0.25, -0.2) is 14.3 Å². The second kappa shape index (κ2) is 8.03. The van der Waals surface area contributed by atoms with Crippen molar-refractivity contribution in [2.75, 3.05) is 17.7 Å². The van der Waals surface area contributed by atoms with Gasteiger partial charge in [0.15, 0.2) is 5.16 Å². The van der Waals surface area contributed by atoms with Crippen molar-refractivity contribution in [1.29, 1.82) is 0 Å². The Kier molecular flexibility index (Phi) is 5.77. The molecule has 1 aliphatic heterocycles. The van der Waals surface area contributed by atoms with Gasteiger partial charge in [-0.2, -0.15) is 0 Å². The summed E-state index contributed by atoms with van der Waals surface area (Å²) in [5, 5.41) is 9.41. The number of halogens is 2. The molecule has 134 valence electrons. The first kappa shape index (κ1) is 18.0. The molecule has 1 aliphatic rings. The Morgan fingerprint density at radius 2 is 2.40 bits per heavy atom. The zero-order chi connectivity index (χ0) is 17.8. The summed E-state index contributed by atoms with van der Waals surface area (Å²) in [5.41, 5.74) is -0.295. The van der Waals surface area contributed by atoms with E-state index in [1.54, 1.807) is 0 Å². The molecule has 10 heteroatoms. The molecular formula is C15H16ClFN4O3S. The van der Waals surface area contributed by atoms with Crippen molar-refractivity contribution in [3.63, 3.8) is 0 Å². The molecule has 2 aromatic rings. The van der Waals surface area contributed by atoms with Gasteiger partial charge in [-0.05, 0) is 31.0 Å². The van der Waals surface area contributed by atoms with Crippen LogP contribution in [0.1, 0.15) is 12.8 Å². The summed E-state index contributed by atoms with van der Waals surface area (Å²) in [5.74, 6) is -1.04. The third-order valence-corrected chi connectivity index (χ3v) is 4.88. The van der Waals surface area contributed by atoms with Gasteiger partial charge in [0.05, 0.1) is 24.1 Å². The van der Waals surface area contributed by atoms with Crippen molar-refractivity contribution >= 4 is 35.0 Å². The van der Waals surface area contributed by atoms with Crippen molar-refractivity contribution < 1.29 is 13.9 Å². The number of aromatic nitrogens is 3. The summed E-state index contributed by atoms with van der Waals surface area (Å²) < 4.78 is 20.7. The number of amides is 1. The fraction of sp³-hybridized carbons (Fsp3) is 0.400. The molecule has 1 atom stereocenters. The van der Waals surface area contributed by atoms with Crippen LogP contribution in [0.3, 0.4) is 0 Å². The molecule has 0 radical (unpaired) electrons. The molecule has 25 heavy (non-hydrogen) atoms. The van der Waals surface area contributed by atoms with Crippen LogP contribution in [0, 0.1) is 5.82 Å². The van der Waals surface area contributed by atoms with Crippen LogP contribution < -0.4 is 11.0 Å². The van der Waals surface area contributed by atoms with Crippen LogP contribution in [0.15, 0.2) is 28.2 Å². The lowest BCUT2D eigenvalue weighted by Gasteiger charge is -2.11. The number of benzene rings is 1. The molecule has 1 amide bonds. The maximum absolute atomic E-state index is 13.7. The molecule has 1 fully saturated rings. The zero-order valence-electron chi connectivity index (χ0n) is 13.1. The van der Waals surface area contributed by atoms with Gasteiger partial charge in [-0.3, -0.25) is 9.36 Å². The third kappa shape index (κ3) is 4.62. The number of thioether (sulfide) groups is 1. The minimum Gasteiger partial charge on any atom is -0.376 e. The van der Waals surface area contributed by atoms with Crippen LogP contribution in [-0.4, -0.2) is 39.1 Å². The Labute approximate surface area is 151 Å². The molecule has 0 spiro atoms. The largest absolute Gasteiger partial charge is 0.376 e. The van der Waals surface area contributed by atoms with Crippen LogP contribution >= 0.6 is 23.4 Å². The molecule has 2 heterocycles. The van der Waals surface area contributed by atoms with E-state index in [2.05, 4.69) is 15.5 Å². The Bertz CT molecular complexity index is 819. The highest BCUT2D eigenvalue weighted by molar-refractivity contribution is 7.99. The van der Waals surface area contributed by atoms with E-state index in [0.717, 1.165) is 30.7 Å². The number of anilines is 1. The van der Waals surface area contributed by atoms with E-state index in [9.17, 15) is 14.0 Å². The molecule has 1 saturated heterocycles. The van der Waals surface area contributed by atoms with Crippen LogP contribution in [0.25, 0.3) is 0 Å². The maximum atomic E-state index is 13.7. The van der Waals surface area contributed by atoms with Crippen molar-refractivity contribution in [1.82, 2.24) is 14.8 Å². The molecule has 0 unspecified atom stereocenters. The molecule has 2 N–H and O–H groups in total. The number of rotatable bonds is 6. The molecule has 0 saturated carbocycles. The van der Waals surface area contributed by atoms with Crippen molar-refractivity contribution in [3.05, 3.63) is 39.5 Å². The van der Waals surface area contributed by atoms with Crippen LogP contribution in [0.2, 0.25) is 5.02 Å². The van der Waals surface area contributed by atoms with Gasteiger partial charge in [-0.1, -0.05) is 23.4 Å². The topological polar surface area (TPSA) is 89.0 Å². The van der Waals surface area contributed by atoms with Crippen LogP contribution in [0.5, 0.6) is 0 Å². The molecule has 7 nitrogen and oxygen atoms in total. The predicted octanol–water partition coefficient (Wildman–Crippen LogP) is 2.27. The molecule has 0 bridgehead atoms. The monoisotopic (exact) mass is 386 g/mol. The normalized spacial score (nSPS) is 17.0. The van der Waals surface area contributed by atoms with Gasteiger partial charge in [0, 0.05) is 11.6 Å². The number of carbonyl (C=O) groups excluding carboxylic acids is 1. The third-order valence-electron chi connectivity index (χ3n) is 3.67. The molecule has 3 rings (SSSR count). The Hall–Kier alpha value is -1.84. The first-order valence-corrected chi connectivity index (χ1v) is 9.04. The first-order chi connectivity index (χ1) is 12.0. The highest BCUT2D eigenvalue weighted by atomic mass is 35.5. The number of ether oxygens (including phenoxy) is 1. The van der Waals surface area contributed by atoms with E-state index in [-0.39, 0.29) is 28.3 Å². The summed E-state index contributed by atoms with van der Waals surface area (Å²) in [6.45, 7) is 1.08. The number of hydrogen-bond donors (Lipinski definition) is 2. The highest BCUT2D eigenvalue weighted by Gasteiger charge is 2.20. The summed E-state index contributed by atoms with van der Waals surface area (Å²) in [6, 6.07) is 4.00. The quantitative estimate of drug-likeness (QED) is 0.743. The summed E-state index contributed by atoms with van der Waals surface area (Å²) in [7, 11) is 0.